The van der Waals surface area contributed by atoms with E-state index in [-0.39, 0.29) is 19.1 Å². The second-order valence-corrected chi connectivity index (χ2v) is 9.45. The van der Waals surface area contributed by atoms with Gasteiger partial charge in [-0.2, -0.15) is 9.50 Å². The quantitative estimate of drug-likeness (QED) is 0.420. The predicted octanol–water partition coefficient (Wildman–Crippen LogP) is 1.87. The number of nitrogens with two attached hydrogens (primary N) is 1. The van der Waals surface area contributed by atoms with Crippen LogP contribution in [0.25, 0.3) is 16.6 Å². The van der Waals surface area contributed by atoms with Gasteiger partial charge in [0.25, 0.3) is 5.56 Å². The molecule has 186 valence electrons. The molecule has 3 aromatic heterocycles. The van der Waals surface area contributed by atoms with Gasteiger partial charge in [0.05, 0.1) is 28.3 Å². The largest absolute Gasteiger partial charge is 0.352 e. The molecule has 4 aromatic rings. The molecule has 1 aromatic carbocycles. The van der Waals surface area contributed by atoms with Crippen LogP contribution in [-0.4, -0.2) is 47.8 Å². The van der Waals surface area contributed by atoms with E-state index in [0.29, 0.717) is 45.8 Å². The number of halogens is 1. The van der Waals surface area contributed by atoms with Crippen molar-refractivity contribution in [2.45, 2.75) is 52.7 Å². The van der Waals surface area contributed by atoms with Crippen molar-refractivity contribution in [2.75, 3.05) is 18.0 Å². The molecule has 1 fully saturated rings. The van der Waals surface area contributed by atoms with Crippen LogP contribution in [0.2, 0.25) is 5.02 Å². The van der Waals surface area contributed by atoms with Crippen LogP contribution in [0.15, 0.2) is 27.8 Å². The fraction of sp³-hybridized carbons (Fsp3) is 0.400. The Morgan fingerprint density at radius 2 is 2.00 bits per heavy atom. The molecule has 2 N–H and O–H groups in total. The van der Waals surface area contributed by atoms with Crippen molar-refractivity contribution in [3.63, 3.8) is 0 Å². The van der Waals surface area contributed by atoms with E-state index in [1.54, 1.807) is 30.7 Å². The first-order chi connectivity index (χ1) is 17.3. The number of nitrogens with zero attached hydrogens (tertiary/aromatic N) is 7. The average Bonchev–Trinajstić information content (AvgIpc) is 3.23. The normalized spacial score (nSPS) is 15.9. The molecule has 0 bridgehead atoms. The third kappa shape index (κ3) is 4.04. The van der Waals surface area contributed by atoms with Crippen molar-refractivity contribution in [1.82, 2.24) is 28.7 Å². The summed E-state index contributed by atoms with van der Waals surface area (Å²) < 4.78 is 4.31. The topological polar surface area (TPSA) is 116 Å². The van der Waals surface area contributed by atoms with E-state index >= 15 is 0 Å². The Hall–Kier alpha value is -3.68. The summed E-state index contributed by atoms with van der Waals surface area (Å²) in [7, 11) is 0. The highest BCUT2D eigenvalue weighted by Crippen LogP contribution is 2.24. The maximum absolute atomic E-state index is 13.7. The molecule has 11 heteroatoms. The van der Waals surface area contributed by atoms with E-state index in [1.807, 2.05) is 13.0 Å². The fourth-order valence-electron chi connectivity index (χ4n) is 4.79. The maximum Gasteiger partial charge on any atom is 0.352 e. The molecule has 0 aliphatic carbocycles. The first-order valence-corrected chi connectivity index (χ1v) is 12.2. The van der Waals surface area contributed by atoms with Gasteiger partial charge in [-0.15, -0.1) is 5.92 Å². The lowest BCUT2D eigenvalue weighted by Crippen LogP contribution is -2.44. The highest BCUT2D eigenvalue weighted by molar-refractivity contribution is 6.35. The molecular formula is C25H27ClN8O2. The summed E-state index contributed by atoms with van der Waals surface area (Å²) in [5.41, 5.74) is 7.27. The fourth-order valence-corrected chi connectivity index (χ4v) is 5.10. The third-order valence-corrected chi connectivity index (χ3v) is 6.85. The second-order valence-electron chi connectivity index (χ2n) is 9.04. The van der Waals surface area contributed by atoms with Crippen LogP contribution in [0.4, 0.5) is 5.95 Å². The molecular weight excluding hydrogens is 480 g/mol. The molecule has 0 radical (unpaired) electrons. The van der Waals surface area contributed by atoms with E-state index < -0.39 is 11.2 Å². The smallest absolute Gasteiger partial charge is 0.339 e. The van der Waals surface area contributed by atoms with Gasteiger partial charge in [0.15, 0.2) is 5.65 Å². The van der Waals surface area contributed by atoms with Crippen molar-refractivity contribution >= 4 is 34.1 Å². The van der Waals surface area contributed by atoms with E-state index in [1.165, 1.54) is 4.52 Å². The SMILES string of the molecule is CC#CCn1c(N2CCCC(N)C2)nc2c(C)c(=O)n(Cc3nc(C)c4c(Cl)cccc4n3)c(=O)n21. The zero-order valence-electron chi connectivity index (χ0n) is 20.5. The van der Waals surface area contributed by atoms with Gasteiger partial charge >= 0.3 is 5.69 Å². The van der Waals surface area contributed by atoms with Crippen molar-refractivity contribution in [3.05, 3.63) is 61.1 Å². The monoisotopic (exact) mass is 506 g/mol. The lowest BCUT2D eigenvalue weighted by atomic mass is 10.1. The molecule has 10 nitrogen and oxygen atoms in total. The number of piperidine rings is 1. The summed E-state index contributed by atoms with van der Waals surface area (Å²) in [6, 6.07) is 5.43. The van der Waals surface area contributed by atoms with Crippen molar-refractivity contribution < 1.29 is 0 Å². The Bertz CT molecular complexity index is 1670. The molecule has 1 saturated heterocycles. The number of hydrogen-bond acceptors (Lipinski definition) is 7. The van der Waals surface area contributed by atoms with Gasteiger partial charge in [-0.1, -0.05) is 23.6 Å². The summed E-state index contributed by atoms with van der Waals surface area (Å²) in [6.07, 6.45) is 1.86. The van der Waals surface area contributed by atoms with Crippen LogP contribution in [0, 0.1) is 25.7 Å². The first-order valence-electron chi connectivity index (χ1n) is 11.8. The van der Waals surface area contributed by atoms with Gasteiger partial charge in [-0.05, 0) is 45.7 Å². The van der Waals surface area contributed by atoms with Gasteiger partial charge in [-0.3, -0.25) is 9.36 Å². The molecule has 0 amide bonds. The Morgan fingerprint density at radius 3 is 2.75 bits per heavy atom. The molecule has 0 spiro atoms. The minimum absolute atomic E-state index is 0.0175. The molecule has 1 aliphatic heterocycles. The number of rotatable bonds is 4. The number of aromatic nitrogens is 6. The molecule has 1 aliphatic rings. The summed E-state index contributed by atoms with van der Waals surface area (Å²) >= 11 is 6.32. The van der Waals surface area contributed by atoms with E-state index in [0.717, 1.165) is 29.3 Å². The van der Waals surface area contributed by atoms with E-state index in [4.69, 9.17) is 22.3 Å². The van der Waals surface area contributed by atoms with Gasteiger partial charge < -0.3 is 10.6 Å². The minimum atomic E-state index is -0.522. The van der Waals surface area contributed by atoms with Gasteiger partial charge in [0, 0.05) is 24.5 Å². The minimum Gasteiger partial charge on any atom is -0.339 e. The zero-order valence-corrected chi connectivity index (χ0v) is 21.2. The Morgan fingerprint density at radius 1 is 1.19 bits per heavy atom. The van der Waals surface area contributed by atoms with Crippen LogP contribution in [0.3, 0.4) is 0 Å². The van der Waals surface area contributed by atoms with Gasteiger partial charge in [0.1, 0.15) is 12.4 Å². The predicted molar refractivity (Wildman–Crippen MR) is 140 cm³/mol. The zero-order chi connectivity index (χ0) is 25.6. The lowest BCUT2D eigenvalue weighted by molar-refractivity contribution is 0.485. The molecule has 36 heavy (non-hydrogen) atoms. The Kier molecular flexibility index (Phi) is 6.28. The van der Waals surface area contributed by atoms with Crippen LogP contribution >= 0.6 is 11.6 Å². The maximum atomic E-state index is 13.7. The average molecular weight is 507 g/mol. The Balaban J connectivity index is 1.69. The second kappa shape index (κ2) is 9.41. The van der Waals surface area contributed by atoms with E-state index in [2.05, 4.69) is 26.7 Å². The Labute approximate surface area is 212 Å². The van der Waals surface area contributed by atoms with Gasteiger partial charge in [0.2, 0.25) is 5.95 Å². The van der Waals surface area contributed by atoms with Crippen LogP contribution in [0.1, 0.15) is 36.8 Å². The van der Waals surface area contributed by atoms with Crippen molar-refractivity contribution in [3.8, 4) is 11.8 Å². The summed E-state index contributed by atoms with van der Waals surface area (Å²) in [6.45, 7) is 6.79. The summed E-state index contributed by atoms with van der Waals surface area (Å²) in [5, 5.41) is 1.30. The molecule has 0 saturated carbocycles. The highest BCUT2D eigenvalue weighted by Gasteiger charge is 2.26. The van der Waals surface area contributed by atoms with Crippen molar-refractivity contribution in [1.29, 1.82) is 0 Å². The summed E-state index contributed by atoms with van der Waals surface area (Å²) in [5.74, 6) is 6.84. The van der Waals surface area contributed by atoms with Crippen molar-refractivity contribution in [2.24, 2.45) is 5.73 Å². The van der Waals surface area contributed by atoms with Gasteiger partial charge in [-0.25, -0.2) is 19.4 Å². The standard InChI is InChI=1S/C25H27ClN8O2/c1-4-5-12-33-24(31-11-7-8-17(27)13-31)30-22-15(2)23(35)32(25(36)34(22)33)14-20-28-16(3)21-18(26)9-6-10-19(21)29-20/h6,9-10,17H,7-8,11-14,27H2,1-3H3. The highest BCUT2D eigenvalue weighted by atomic mass is 35.5. The molecule has 4 heterocycles. The number of fused-ring (bicyclic) bond motifs is 2. The number of hydrogen-bond donors (Lipinski definition) is 1. The van der Waals surface area contributed by atoms with Crippen LogP contribution < -0.4 is 21.9 Å². The summed E-state index contributed by atoms with van der Waals surface area (Å²) in [4.78, 5) is 43.0. The molecule has 1 unspecified atom stereocenters. The van der Waals surface area contributed by atoms with Crippen LogP contribution in [-0.2, 0) is 13.1 Å². The lowest BCUT2D eigenvalue weighted by Gasteiger charge is -2.31. The number of aryl methyl sites for hydroxylation is 2. The van der Waals surface area contributed by atoms with E-state index in [9.17, 15) is 9.59 Å². The first kappa shape index (κ1) is 24.0. The number of anilines is 1. The molecule has 5 rings (SSSR count). The molecule has 1 atom stereocenters. The number of benzene rings is 1. The van der Waals surface area contributed by atoms with Crippen LogP contribution in [0.5, 0.6) is 0 Å². The third-order valence-electron chi connectivity index (χ3n) is 6.54.